The third kappa shape index (κ3) is 1.28. The number of aliphatic hydroxyl groups excluding tert-OH is 1. The molecule has 2 bridgehead atoms. The fraction of sp³-hybridized carbons (Fsp3) is 1.00. The highest BCUT2D eigenvalue weighted by Crippen LogP contribution is 2.65. The summed E-state index contributed by atoms with van der Waals surface area (Å²) in [6, 6.07) is 0. The lowest BCUT2D eigenvalue weighted by atomic mass is 9.51. The fourth-order valence-electron chi connectivity index (χ4n) is 6.73. The monoisotopic (exact) mass is 282 g/mol. The number of hydrogen-bond donors (Lipinski definition) is 4. The van der Waals surface area contributed by atoms with Gasteiger partial charge in [-0.05, 0) is 50.4 Å². The van der Waals surface area contributed by atoms with Crippen molar-refractivity contribution in [2.75, 3.05) is 13.1 Å². The van der Waals surface area contributed by atoms with Crippen LogP contribution in [0, 0.1) is 17.3 Å². The van der Waals surface area contributed by atoms with Gasteiger partial charge < -0.3 is 20.2 Å². The van der Waals surface area contributed by atoms with Crippen molar-refractivity contribution >= 4 is 0 Å². The van der Waals surface area contributed by atoms with E-state index < -0.39 is 22.8 Å². The van der Waals surface area contributed by atoms with Gasteiger partial charge in [-0.2, -0.15) is 0 Å². The van der Waals surface area contributed by atoms with Crippen molar-refractivity contribution in [3.63, 3.8) is 0 Å². The minimum atomic E-state index is -1.06. The highest BCUT2D eigenvalue weighted by molar-refractivity contribution is 5.20. The van der Waals surface area contributed by atoms with Crippen LogP contribution in [-0.2, 0) is 0 Å². The standard InChI is InChI=1S/C16H27NO3/c1-11-8-12-9-13(18)15(19)5-3-7-17-6-2-4-14(12,15)16(17,20)10-11/h11-13,18-20H,2-10H2,1H3/p+1/t11?,12-,13-,14?,15-,16-/m0/s1. The maximum Gasteiger partial charge on any atom is 0.208 e. The van der Waals surface area contributed by atoms with E-state index in [0.717, 1.165) is 45.2 Å². The van der Waals surface area contributed by atoms with Crippen molar-refractivity contribution in [2.45, 2.75) is 69.3 Å². The second-order valence-corrected chi connectivity index (χ2v) is 8.06. The Hall–Kier alpha value is -0.160. The number of quaternary nitrogens is 1. The van der Waals surface area contributed by atoms with Crippen molar-refractivity contribution in [1.82, 2.24) is 0 Å². The highest BCUT2D eigenvalue weighted by Gasteiger charge is 2.78. The van der Waals surface area contributed by atoms with E-state index in [1.165, 1.54) is 4.90 Å². The van der Waals surface area contributed by atoms with Crippen LogP contribution < -0.4 is 4.90 Å². The smallest absolute Gasteiger partial charge is 0.208 e. The Labute approximate surface area is 120 Å². The first kappa shape index (κ1) is 13.5. The van der Waals surface area contributed by atoms with Crippen molar-refractivity contribution in [3.05, 3.63) is 0 Å². The SMILES string of the molecule is CC1C[C@H]2C[C@H](O)[C@@]3(O)CCC[NH+]4CCCC23[C@@]4(O)C1. The Morgan fingerprint density at radius 3 is 2.50 bits per heavy atom. The van der Waals surface area contributed by atoms with E-state index >= 15 is 0 Å². The Morgan fingerprint density at radius 2 is 1.75 bits per heavy atom. The molecule has 4 heteroatoms. The highest BCUT2D eigenvalue weighted by atomic mass is 16.4. The molecule has 4 nitrogen and oxygen atoms in total. The average molecular weight is 282 g/mol. The molecular weight excluding hydrogens is 254 g/mol. The fourth-order valence-corrected chi connectivity index (χ4v) is 6.73. The van der Waals surface area contributed by atoms with Crippen molar-refractivity contribution in [1.29, 1.82) is 0 Å². The molecule has 2 heterocycles. The van der Waals surface area contributed by atoms with Gasteiger partial charge in [0.25, 0.3) is 0 Å². The van der Waals surface area contributed by atoms with Crippen LogP contribution in [0.2, 0.25) is 0 Å². The van der Waals surface area contributed by atoms with Gasteiger partial charge in [-0.1, -0.05) is 6.92 Å². The summed E-state index contributed by atoms with van der Waals surface area (Å²) in [5, 5.41) is 33.7. The van der Waals surface area contributed by atoms with E-state index in [0.29, 0.717) is 18.8 Å². The van der Waals surface area contributed by atoms with E-state index in [1.54, 1.807) is 0 Å². The summed E-state index contributed by atoms with van der Waals surface area (Å²) in [5.74, 6) is 0.767. The Kier molecular flexibility index (Phi) is 2.68. The summed E-state index contributed by atoms with van der Waals surface area (Å²) >= 11 is 0. The lowest BCUT2D eigenvalue weighted by Gasteiger charge is -2.60. The van der Waals surface area contributed by atoms with Gasteiger partial charge in [0.05, 0.1) is 24.6 Å². The minimum absolute atomic E-state index is 0.282. The molecule has 0 amide bonds. The molecule has 1 spiro atoms. The quantitative estimate of drug-likeness (QED) is 0.492. The van der Waals surface area contributed by atoms with Crippen LogP contribution >= 0.6 is 0 Å². The van der Waals surface area contributed by atoms with Crippen LogP contribution in [0.3, 0.4) is 0 Å². The third-order valence-corrected chi connectivity index (χ3v) is 7.27. The van der Waals surface area contributed by atoms with Crippen molar-refractivity contribution < 1.29 is 20.2 Å². The molecule has 4 fully saturated rings. The molecule has 2 saturated carbocycles. The zero-order valence-corrected chi connectivity index (χ0v) is 12.4. The van der Waals surface area contributed by atoms with Gasteiger partial charge in [0.2, 0.25) is 5.72 Å². The topological polar surface area (TPSA) is 65.1 Å². The molecule has 20 heavy (non-hydrogen) atoms. The van der Waals surface area contributed by atoms with Gasteiger partial charge in [0, 0.05) is 6.42 Å². The molecule has 114 valence electrons. The lowest BCUT2D eigenvalue weighted by molar-refractivity contribution is -0.997. The Morgan fingerprint density at radius 1 is 1.05 bits per heavy atom. The zero-order valence-electron chi connectivity index (χ0n) is 12.4. The first-order valence-electron chi connectivity index (χ1n) is 8.42. The van der Waals surface area contributed by atoms with E-state index in [9.17, 15) is 15.3 Å². The molecule has 2 aliphatic carbocycles. The summed E-state index contributed by atoms with van der Waals surface area (Å²) in [6.07, 6.45) is 5.38. The van der Waals surface area contributed by atoms with Crippen LogP contribution in [0.15, 0.2) is 0 Å². The lowest BCUT2D eigenvalue weighted by Crippen LogP contribution is -3.24. The normalized spacial score (nSPS) is 61.8. The third-order valence-electron chi connectivity index (χ3n) is 7.27. The van der Waals surface area contributed by atoms with Gasteiger partial charge in [-0.25, -0.2) is 0 Å². The molecule has 2 saturated heterocycles. The maximum atomic E-state index is 11.7. The number of rotatable bonds is 0. The van der Waals surface area contributed by atoms with Crippen LogP contribution in [0.5, 0.6) is 0 Å². The molecule has 2 aliphatic heterocycles. The Bertz CT molecular complexity index is 430. The van der Waals surface area contributed by atoms with Gasteiger partial charge in [0.1, 0.15) is 5.60 Å². The van der Waals surface area contributed by atoms with Gasteiger partial charge in [0.15, 0.2) is 0 Å². The molecule has 0 aromatic rings. The predicted octanol–water partition coefficient (Wildman–Crippen LogP) is -0.324. The minimum Gasteiger partial charge on any atom is -0.390 e. The summed E-state index contributed by atoms with van der Waals surface area (Å²) in [6.45, 7) is 4.17. The summed E-state index contributed by atoms with van der Waals surface area (Å²) in [7, 11) is 0. The first-order valence-corrected chi connectivity index (χ1v) is 8.42. The Balaban J connectivity index is 1.93. The molecule has 4 rings (SSSR count). The maximum absolute atomic E-state index is 11.7. The molecule has 0 aromatic heterocycles. The first-order chi connectivity index (χ1) is 9.44. The summed E-state index contributed by atoms with van der Waals surface area (Å²) < 4.78 is 0. The molecular formula is C16H28NO3+. The zero-order chi connectivity index (χ0) is 14.2. The second-order valence-electron chi connectivity index (χ2n) is 8.06. The summed E-state index contributed by atoms with van der Waals surface area (Å²) in [5.41, 5.74) is -2.35. The van der Waals surface area contributed by atoms with E-state index in [-0.39, 0.29) is 5.92 Å². The van der Waals surface area contributed by atoms with Crippen LogP contribution in [-0.4, -0.2) is 45.8 Å². The van der Waals surface area contributed by atoms with E-state index in [2.05, 4.69) is 6.92 Å². The van der Waals surface area contributed by atoms with E-state index in [4.69, 9.17) is 0 Å². The number of aliphatic hydroxyl groups is 3. The molecule has 0 aromatic carbocycles. The molecule has 7 atom stereocenters. The number of nitrogens with one attached hydrogen (secondary N) is 1. The van der Waals surface area contributed by atoms with Crippen LogP contribution in [0.4, 0.5) is 0 Å². The van der Waals surface area contributed by atoms with Crippen molar-refractivity contribution in [2.24, 2.45) is 17.3 Å². The molecule has 4 aliphatic rings. The number of piperidine rings is 1. The second kappa shape index (κ2) is 3.97. The van der Waals surface area contributed by atoms with Gasteiger partial charge in [-0.15, -0.1) is 0 Å². The van der Waals surface area contributed by atoms with E-state index in [1.807, 2.05) is 0 Å². The van der Waals surface area contributed by atoms with Crippen LogP contribution in [0.25, 0.3) is 0 Å². The molecule has 0 radical (unpaired) electrons. The van der Waals surface area contributed by atoms with Gasteiger partial charge in [-0.3, -0.25) is 0 Å². The predicted molar refractivity (Wildman–Crippen MR) is 74.0 cm³/mol. The van der Waals surface area contributed by atoms with Gasteiger partial charge >= 0.3 is 0 Å². The van der Waals surface area contributed by atoms with Crippen LogP contribution in [0.1, 0.15) is 51.9 Å². The molecule has 3 unspecified atom stereocenters. The number of hydrogen-bond acceptors (Lipinski definition) is 3. The molecule has 4 N–H and O–H groups in total. The average Bonchev–Trinajstić information content (AvgIpc) is 2.56. The van der Waals surface area contributed by atoms with Crippen molar-refractivity contribution in [3.8, 4) is 0 Å². The summed E-state index contributed by atoms with van der Waals surface area (Å²) in [4.78, 5) is 1.28. The largest absolute Gasteiger partial charge is 0.390 e.